The van der Waals surface area contributed by atoms with Crippen molar-refractivity contribution in [3.8, 4) is 0 Å². The summed E-state index contributed by atoms with van der Waals surface area (Å²) in [5.74, 6) is -1.82. The molecule has 1 fully saturated rings. The smallest absolute Gasteiger partial charge is 0.239 e. The Labute approximate surface area is 197 Å². The SMILES string of the molecule is C[C@H](O)C12c3ccccc3C(c3ccccc31)[C@@H]1C(=O)N(c3cccc4ccccc34)C(=O)[C@@H]12. The van der Waals surface area contributed by atoms with Crippen LogP contribution in [0.2, 0.25) is 0 Å². The molecular weight excluding hydrogens is 422 g/mol. The molecule has 1 saturated heterocycles. The minimum Gasteiger partial charge on any atom is -0.392 e. The Hall–Kier alpha value is -3.76. The van der Waals surface area contributed by atoms with Gasteiger partial charge in [0, 0.05) is 11.3 Å². The number of rotatable bonds is 2. The average molecular weight is 446 g/mol. The number of nitrogens with zero attached hydrogens (tertiary/aromatic N) is 1. The van der Waals surface area contributed by atoms with Crippen molar-refractivity contribution in [2.45, 2.75) is 24.4 Å². The first-order valence-electron chi connectivity index (χ1n) is 11.8. The summed E-state index contributed by atoms with van der Waals surface area (Å²) in [4.78, 5) is 29.9. The number of aliphatic hydroxyl groups excluding tert-OH is 1. The number of aliphatic hydroxyl groups is 1. The third-order valence-corrected chi connectivity index (χ3v) is 8.35. The number of carbonyl (C=O) groups is 2. The molecule has 8 rings (SSSR count). The van der Waals surface area contributed by atoms with Crippen molar-refractivity contribution in [1.29, 1.82) is 0 Å². The minimum absolute atomic E-state index is 0.176. The van der Waals surface area contributed by atoms with Crippen molar-refractivity contribution in [3.63, 3.8) is 0 Å². The fourth-order valence-electron chi connectivity index (χ4n) is 7.18. The second kappa shape index (κ2) is 6.64. The Balaban J connectivity index is 1.53. The zero-order valence-corrected chi connectivity index (χ0v) is 18.7. The number of benzene rings is 4. The van der Waals surface area contributed by atoms with Crippen molar-refractivity contribution in [3.05, 3.63) is 113 Å². The van der Waals surface area contributed by atoms with Gasteiger partial charge < -0.3 is 5.11 Å². The molecule has 1 heterocycles. The van der Waals surface area contributed by atoms with E-state index in [0.717, 1.165) is 33.0 Å². The molecule has 4 nitrogen and oxygen atoms in total. The Kier molecular flexibility index (Phi) is 3.85. The molecule has 0 radical (unpaired) electrons. The van der Waals surface area contributed by atoms with E-state index < -0.39 is 23.4 Å². The molecule has 4 heteroatoms. The monoisotopic (exact) mass is 445 g/mol. The molecule has 3 atom stereocenters. The number of carbonyl (C=O) groups excluding carboxylic acids is 2. The molecule has 1 aliphatic heterocycles. The van der Waals surface area contributed by atoms with Gasteiger partial charge in [-0.3, -0.25) is 9.59 Å². The molecule has 4 aromatic rings. The summed E-state index contributed by atoms with van der Waals surface area (Å²) in [5.41, 5.74) is 3.68. The van der Waals surface area contributed by atoms with Crippen molar-refractivity contribution in [1.82, 2.24) is 0 Å². The van der Waals surface area contributed by atoms with Gasteiger partial charge in [-0.1, -0.05) is 84.9 Å². The van der Waals surface area contributed by atoms with Gasteiger partial charge in [-0.15, -0.1) is 0 Å². The molecule has 166 valence electrons. The number of anilines is 1. The van der Waals surface area contributed by atoms with Gasteiger partial charge in [0.25, 0.3) is 0 Å². The number of amides is 2. The molecule has 0 unspecified atom stereocenters. The van der Waals surface area contributed by atoms with Crippen LogP contribution in [0.15, 0.2) is 91.0 Å². The van der Waals surface area contributed by atoms with E-state index in [1.165, 1.54) is 4.90 Å². The normalized spacial score (nSPS) is 27.5. The van der Waals surface area contributed by atoms with Gasteiger partial charge in [0.15, 0.2) is 0 Å². The summed E-state index contributed by atoms with van der Waals surface area (Å²) in [5, 5.41) is 13.3. The maximum atomic E-state index is 14.3. The molecule has 4 aromatic carbocycles. The summed E-state index contributed by atoms with van der Waals surface area (Å²) in [6.45, 7) is 1.76. The molecule has 0 saturated carbocycles. The lowest BCUT2D eigenvalue weighted by molar-refractivity contribution is -0.126. The number of imide groups is 1. The van der Waals surface area contributed by atoms with E-state index >= 15 is 0 Å². The Morgan fingerprint density at radius 2 is 1.35 bits per heavy atom. The summed E-state index contributed by atoms with van der Waals surface area (Å²) >= 11 is 0. The van der Waals surface area contributed by atoms with Gasteiger partial charge in [0.05, 0.1) is 29.0 Å². The van der Waals surface area contributed by atoms with E-state index in [2.05, 4.69) is 12.1 Å². The largest absolute Gasteiger partial charge is 0.392 e. The lowest BCUT2D eigenvalue weighted by Crippen LogP contribution is -2.58. The average Bonchev–Trinajstić information content (AvgIpc) is 3.14. The highest BCUT2D eigenvalue weighted by molar-refractivity contribution is 6.26. The van der Waals surface area contributed by atoms with Gasteiger partial charge in [-0.25, -0.2) is 4.90 Å². The lowest BCUT2D eigenvalue weighted by atomic mass is 9.46. The van der Waals surface area contributed by atoms with E-state index in [4.69, 9.17) is 0 Å². The third kappa shape index (κ3) is 2.13. The molecule has 4 aliphatic rings. The predicted molar refractivity (Wildman–Crippen MR) is 131 cm³/mol. The van der Waals surface area contributed by atoms with E-state index in [1.807, 2.05) is 78.9 Å². The lowest BCUT2D eigenvalue weighted by Gasteiger charge is -2.55. The van der Waals surface area contributed by atoms with Crippen LogP contribution in [0.4, 0.5) is 5.69 Å². The van der Waals surface area contributed by atoms with Crippen LogP contribution in [0.5, 0.6) is 0 Å². The summed E-state index contributed by atoms with van der Waals surface area (Å²) in [6.07, 6.45) is -0.854. The second-order valence-corrected chi connectivity index (χ2v) is 9.71. The van der Waals surface area contributed by atoms with E-state index in [-0.39, 0.29) is 17.7 Å². The fourth-order valence-corrected chi connectivity index (χ4v) is 7.18. The molecular formula is C30H23NO3. The zero-order chi connectivity index (χ0) is 23.2. The highest BCUT2D eigenvalue weighted by Gasteiger charge is 2.69. The van der Waals surface area contributed by atoms with Crippen LogP contribution >= 0.6 is 0 Å². The van der Waals surface area contributed by atoms with Gasteiger partial charge in [-0.2, -0.15) is 0 Å². The standard InChI is InChI=1S/C30H23NO3/c1-17(32)30-22-14-6-4-12-20(22)25(21-13-5-7-15-23(21)30)26-27(30)29(34)31(28(26)33)24-16-8-10-18-9-2-3-11-19(18)24/h2-17,25-27,32H,1H3/t17-,25?,26-,27+,30?/m0/s1. The molecule has 3 aliphatic carbocycles. The van der Waals surface area contributed by atoms with E-state index in [1.54, 1.807) is 6.92 Å². The quantitative estimate of drug-likeness (QED) is 0.452. The van der Waals surface area contributed by atoms with Crippen LogP contribution in [0.1, 0.15) is 35.1 Å². The van der Waals surface area contributed by atoms with Crippen LogP contribution < -0.4 is 4.90 Å². The maximum Gasteiger partial charge on any atom is 0.239 e. The first-order chi connectivity index (χ1) is 16.6. The first-order valence-corrected chi connectivity index (χ1v) is 11.8. The Bertz CT molecular complexity index is 1470. The third-order valence-electron chi connectivity index (χ3n) is 8.35. The van der Waals surface area contributed by atoms with Crippen LogP contribution in [0, 0.1) is 11.8 Å². The Morgan fingerprint density at radius 3 is 2.03 bits per heavy atom. The van der Waals surface area contributed by atoms with Crippen LogP contribution in [-0.2, 0) is 15.0 Å². The van der Waals surface area contributed by atoms with Crippen LogP contribution in [0.25, 0.3) is 10.8 Å². The van der Waals surface area contributed by atoms with Crippen molar-refractivity contribution >= 4 is 28.3 Å². The fraction of sp³-hybridized carbons (Fsp3) is 0.200. The number of hydrogen-bond donors (Lipinski definition) is 1. The molecule has 0 spiro atoms. The van der Waals surface area contributed by atoms with Gasteiger partial charge in [-0.05, 0) is 40.6 Å². The van der Waals surface area contributed by atoms with Crippen LogP contribution in [0.3, 0.4) is 0 Å². The highest BCUT2D eigenvalue weighted by atomic mass is 16.3. The molecule has 0 aromatic heterocycles. The molecule has 34 heavy (non-hydrogen) atoms. The molecule has 1 N–H and O–H groups in total. The van der Waals surface area contributed by atoms with E-state index in [0.29, 0.717) is 5.69 Å². The van der Waals surface area contributed by atoms with Crippen molar-refractivity contribution in [2.75, 3.05) is 4.90 Å². The number of fused-ring (bicyclic) bond motifs is 1. The van der Waals surface area contributed by atoms with Crippen LogP contribution in [-0.4, -0.2) is 23.0 Å². The molecule has 2 amide bonds. The minimum atomic E-state index is -0.974. The van der Waals surface area contributed by atoms with Gasteiger partial charge >= 0.3 is 0 Å². The second-order valence-electron chi connectivity index (χ2n) is 9.71. The Morgan fingerprint density at radius 1 is 0.765 bits per heavy atom. The van der Waals surface area contributed by atoms with Crippen molar-refractivity contribution in [2.24, 2.45) is 11.8 Å². The zero-order valence-electron chi connectivity index (χ0n) is 18.7. The maximum absolute atomic E-state index is 14.3. The predicted octanol–water partition coefficient (Wildman–Crippen LogP) is 4.77. The van der Waals surface area contributed by atoms with E-state index in [9.17, 15) is 14.7 Å². The van der Waals surface area contributed by atoms with Gasteiger partial charge in [0.1, 0.15) is 0 Å². The highest BCUT2D eigenvalue weighted by Crippen LogP contribution is 2.65. The van der Waals surface area contributed by atoms with Gasteiger partial charge in [0.2, 0.25) is 11.8 Å². The first kappa shape index (κ1) is 19.7. The summed E-state index contributed by atoms with van der Waals surface area (Å²) in [6, 6.07) is 29.6. The molecule has 2 bridgehead atoms. The summed E-state index contributed by atoms with van der Waals surface area (Å²) < 4.78 is 0. The topological polar surface area (TPSA) is 57.6 Å². The summed E-state index contributed by atoms with van der Waals surface area (Å²) in [7, 11) is 0. The number of hydrogen-bond acceptors (Lipinski definition) is 3. The van der Waals surface area contributed by atoms with Crippen molar-refractivity contribution < 1.29 is 14.7 Å².